The van der Waals surface area contributed by atoms with Gasteiger partial charge in [-0.2, -0.15) is 0 Å². The average Bonchev–Trinajstić information content (AvgIpc) is 2.95. The topological polar surface area (TPSA) is 85.3 Å². The normalized spacial score (nSPS) is 10.7. The first-order valence-corrected chi connectivity index (χ1v) is 6.11. The monoisotopic (exact) mass is 267 g/mol. The summed E-state index contributed by atoms with van der Waals surface area (Å²) in [4.78, 5) is 20.1. The van der Waals surface area contributed by atoms with Crippen LogP contribution in [0.4, 0.5) is 5.82 Å². The van der Waals surface area contributed by atoms with Crippen LogP contribution in [-0.2, 0) is 0 Å². The van der Waals surface area contributed by atoms with Gasteiger partial charge in [0, 0.05) is 36.8 Å². The van der Waals surface area contributed by atoms with Gasteiger partial charge in [0.1, 0.15) is 0 Å². The molecular formula is C14H13N5O. The fourth-order valence-corrected chi connectivity index (χ4v) is 2.06. The standard InChI is InChI=1S/C14H13N5O/c1-16-14(20)10-4-2-3-9(7-10)11-8-19-6-5-17-13(19)12(15)18-11/h2-8H,1H3,(H2,15,18)(H,16,20). The Balaban J connectivity index is 2.13. The summed E-state index contributed by atoms with van der Waals surface area (Å²) in [6.45, 7) is 0. The van der Waals surface area contributed by atoms with Crippen molar-refractivity contribution < 1.29 is 4.79 Å². The zero-order valence-electron chi connectivity index (χ0n) is 10.9. The van der Waals surface area contributed by atoms with Crippen LogP contribution in [0.2, 0.25) is 0 Å². The second kappa shape index (κ2) is 4.65. The lowest BCUT2D eigenvalue weighted by molar-refractivity contribution is 0.0963. The first-order valence-electron chi connectivity index (χ1n) is 6.11. The van der Waals surface area contributed by atoms with Crippen molar-refractivity contribution in [3.63, 3.8) is 0 Å². The number of carbonyl (C=O) groups is 1. The molecule has 2 heterocycles. The van der Waals surface area contributed by atoms with Gasteiger partial charge in [-0.3, -0.25) is 4.79 Å². The lowest BCUT2D eigenvalue weighted by Crippen LogP contribution is -2.17. The molecule has 20 heavy (non-hydrogen) atoms. The molecule has 2 aromatic heterocycles. The third kappa shape index (κ3) is 1.97. The van der Waals surface area contributed by atoms with Crippen LogP contribution in [0.15, 0.2) is 42.9 Å². The van der Waals surface area contributed by atoms with E-state index in [1.165, 1.54) is 0 Å². The van der Waals surface area contributed by atoms with Crippen molar-refractivity contribution in [1.29, 1.82) is 0 Å². The molecule has 100 valence electrons. The number of fused-ring (bicyclic) bond motifs is 1. The van der Waals surface area contributed by atoms with E-state index in [1.807, 2.05) is 22.7 Å². The minimum absolute atomic E-state index is 0.136. The maximum absolute atomic E-state index is 11.7. The predicted molar refractivity (Wildman–Crippen MR) is 76.2 cm³/mol. The Kier molecular flexibility index (Phi) is 2.83. The lowest BCUT2D eigenvalue weighted by atomic mass is 10.1. The summed E-state index contributed by atoms with van der Waals surface area (Å²) in [5.41, 5.74) is 8.61. The summed E-state index contributed by atoms with van der Waals surface area (Å²) in [7, 11) is 1.60. The van der Waals surface area contributed by atoms with Gasteiger partial charge in [0.05, 0.1) is 5.69 Å². The van der Waals surface area contributed by atoms with E-state index in [9.17, 15) is 4.79 Å². The largest absolute Gasteiger partial charge is 0.381 e. The number of imidazole rings is 1. The number of nitrogens with two attached hydrogens (primary N) is 1. The van der Waals surface area contributed by atoms with Crippen LogP contribution in [0.5, 0.6) is 0 Å². The highest BCUT2D eigenvalue weighted by molar-refractivity contribution is 5.95. The summed E-state index contributed by atoms with van der Waals surface area (Å²) in [6.07, 6.45) is 5.30. The van der Waals surface area contributed by atoms with Crippen molar-refractivity contribution in [2.24, 2.45) is 0 Å². The Morgan fingerprint density at radius 3 is 3.05 bits per heavy atom. The van der Waals surface area contributed by atoms with Crippen LogP contribution in [0.25, 0.3) is 16.9 Å². The van der Waals surface area contributed by atoms with Crippen molar-refractivity contribution in [2.75, 3.05) is 12.8 Å². The third-order valence-electron chi connectivity index (χ3n) is 3.05. The molecule has 1 aromatic carbocycles. The van der Waals surface area contributed by atoms with Crippen molar-refractivity contribution in [2.45, 2.75) is 0 Å². The number of anilines is 1. The van der Waals surface area contributed by atoms with Crippen LogP contribution in [0.1, 0.15) is 10.4 Å². The molecule has 0 unspecified atom stereocenters. The number of amides is 1. The third-order valence-corrected chi connectivity index (χ3v) is 3.05. The number of nitrogens with one attached hydrogen (secondary N) is 1. The molecule has 3 N–H and O–H groups in total. The molecule has 0 aliphatic heterocycles. The molecule has 0 fully saturated rings. The number of benzene rings is 1. The first kappa shape index (κ1) is 12.2. The minimum atomic E-state index is -0.136. The molecule has 3 aromatic rings. The maximum atomic E-state index is 11.7. The van der Waals surface area contributed by atoms with E-state index >= 15 is 0 Å². The number of rotatable bonds is 2. The van der Waals surface area contributed by atoms with Gasteiger partial charge in [0.2, 0.25) is 0 Å². The van der Waals surface area contributed by atoms with Crippen LogP contribution in [0, 0.1) is 0 Å². The SMILES string of the molecule is CNC(=O)c1cccc(-c2cn3ccnc3c(N)n2)c1. The van der Waals surface area contributed by atoms with Crippen LogP contribution < -0.4 is 11.1 Å². The molecule has 0 radical (unpaired) electrons. The van der Waals surface area contributed by atoms with E-state index < -0.39 is 0 Å². The molecule has 6 heteroatoms. The molecule has 1 amide bonds. The van der Waals surface area contributed by atoms with Crippen molar-refractivity contribution in [3.05, 3.63) is 48.4 Å². The lowest BCUT2D eigenvalue weighted by Gasteiger charge is -2.06. The second-order valence-corrected chi connectivity index (χ2v) is 4.33. The Hall–Kier alpha value is -2.89. The zero-order chi connectivity index (χ0) is 14.1. The number of hydrogen-bond donors (Lipinski definition) is 2. The Morgan fingerprint density at radius 1 is 1.40 bits per heavy atom. The van der Waals surface area contributed by atoms with Gasteiger partial charge in [-0.05, 0) is 12.1 Å². The van der Waals surface area contributed by atoms with Gasteiger partial charge in [0.15, 0.2) is 11.5 Å². The molecule has 0 spiro atoms. The summed E-state index contributed by atoms with van der Waals surface area (Å²) >= 11 is 0. The zero-order valence-corrected chi connectivity index (χ0v) is 10.9. The summed E-state index contributed by atoms with van der Waals surface area (Å²) < 4.78 is 1.81. The number of hydrogen-bond acceptors (Lipinski definition) is 4. The highest BCUT2D eigenvalue weighted by Crippen LogP contribution is 2.21. The number of aromatic nitrogens is 3. The Morgan fingerprint density at radius 2 is 2.25 bits per heavy atom. The van der Waals surface area contributed by atoms with Crippen LogP contribution in [-0.4, -0.2) is 27.3 Å². The molecule has 0 bridgehead atoms. The molecule has 0 saturated heterocycles. The quantitative estimate of drug-likeness (QED) is 0.733. The van der Waals surface area contributed by atoms with Gasteiger partial charge in [0.25, 0.3) is 5.91 Å². The minimum Gasteiger partial charge on any atom is -0.381 e. The van der Waals surface area contributed by atoms with Crippen LogP contribution >= 0.6 is 0 Å². The molecule has 0 saturated carbocycles. The molecule has 6 nitrogen and oxygen atoms in total. The van der Waals surface area contributed by atoms with Crippen LogP contribution in [0.3, 0.4) is 0 Å². The first-order chi connectivity index (χ1) is 9.69. The highest BCUT2D eigenvalue weighted by atomic mass is 16.1. The van der Waals surface area contributed by atoms with Gasteiger partial charge in [-0.1, -0.05) is 12.1 Å². The molecule has 0 aliphatic carbocycles. The van der Waals surface area contributed by atoms with Crippen molar-refractivity contribution in [3.8, 4) is 11.3 Å². The predicted octanol–water partition coefficient (Wildman–Crippen LogP) is 1.34. The van der Waals surface area contributed by atoms with E-state index in [1.54, 1.807) is 31.6 Å². The molecule has 0 atom stereocenters. The number of nitrogens with zero attached hydrogens (tertiary/aromatic N) is 3. The van der Waals surface area contributed by atoms with E-state index in [4.69, 9.17) is 5.73 Å². The smallest absolute Gasteiger partial charge is 0.251 e. The van der Waals surface area contributed by atoms with E-state index in [0.29, 0.717) is 22.7 Å². The second-order valence-electron chi connectivity index (χ2n) is 4.33. The number of carbonyl (C=O) groups excluding carboxylic acids is 1. The van der Waals surface area contributed by atoms with Crippen molar-refractivity contribution >= 4 is 17.4 Å². The van der Waals surface area contributed by atoms with Gasteiger partial charge >= 0.3 is 0 Å². The van der Waals surface area contributed by atoms with E-state index in [2.05, 4.69) is 15.3 Å². The molecular weight excluding hydrogens is 254 g/mol. The Labute approximate surface area is 115 Å². The number of nitrogen functional groups attached to an aromatic ring is 1. The van der Waals surface area contributed by atoms with Gasteiger partial charge < -0.3 is 15.5 Å². The average molecular weight is 267 g/mol. The molecule has 3 rings (SSSR count). The van der Waals surface area contributed by atoms with Gasteiger partial charge in [-0.15, -0.1) is 0 Å². The fourth-order valence-electron chi connectivity index (χ4n) is 2.06. The fraction of sp³-hybridized carbons (Fsp3) is 0.0714. The maximum Gasteiger partial charge on any atom is 0.251 e. The summed E-state index contributed by atoms with van der Waals surface area (Å²) in [6, 6.07) is 7.23. The summed E-state index contributed by atoms with van der Waals surface area (Å²) in [5.74, 6) is 0.223. The van der Waals surface area contributed by atoms with Crippen molar-refractivity contribution in [1.82, 2.24) is 19.7 Å². The summed E-state index contributed by atoms with van der Waals surface area (Å²) in [5, 5.41) is 2.60. The Bertz CT molecular complexity index is 793. The van der Waals surface area contributed by atoms with Gasteiger partial charge in [-0.25, -0.2) is 9.97 Å². The van der Waals surface area contributed by atoms with E-state index in [-0.39, 0.29) is 5.91 Å². The van der Waals surface area contributed by atoms with E-state index in [0.717, 1.165) is 5.56 Å². The molecule has 0 aliphatic rings. The highest BCUT2D eigenvalue weighted by Gasteiger charge is 2.09.